The van der Waals surface area contributed by atoms with Crippen molar-refractivity contribution in [2.45, 2.75) is 84.0 Å². The van der Waals surface area contributed by atoms with Crippen molar-refractivity contribution in [3.63, 3.8) is 0 Å². The molecular weight excluding hydrogens is 278 g/mol. The minimum absolute atomic E-state index is 0.264. The number of unbranched alkanes of at least 4 members (excludes halogenated alkanes) is 9. The van der Waals surface area contributed by atoms with Gasteiger partial charge in [0.1, 0.15) is 0 Å². The van der Waals surface area contributed by atoms with Gasteiger partial charge in [0.25, 0.3) is 0 Å². The summed E-state index contributed by atoms with van der Waals surface area (Å²) in [4.78, 5) is 20.7. The molecule has 0 rings (SSSR count). The van der Waals surface area contributed by atoms with Crippen LogP contribution in [-0.4, -0.2) is 11.2 Å². The fourth-order valence-electron chi connectivity index (χ4n) is 2.21. The number of carbonyl (C=O) groups excluding carboxylic acids is 1. The van der Waals surface area contributed by atoms with E-state index in [1.54, 1.807) is 6.08 Å². The molecule has 0 saturated carbocycles. The number of nitro groups is 1. The lowest BCUT2D eigenvalue weighted by Crippen LogP contribution is -1.97. The third-order valence-corrected chi connectivity index (χ3v) is 3.57. The summed E-state index contributed by atoms with van der Waals surface area (Å²) in [5.74, 6) is 0. The molecule has 0 N–H and O–H groups in total. The first-order valence-corrected chi connectivity index (χ1v) is 8.55. The van der Waals surface area contributed by atoms with Gasteiger partial charge in [0.05, 0.1) is 11.3 Å². The van der Waals surface area contributed by atoms with Crippen molar-refractivity contribution in [1.29, 1.82) is 0 Å². The number of hydrogen-bond donors (Lipinski definition) is 0. The zero-order chi connectivity index (χ0) is 16.5. The molecule has 125 valence electrons. The summed E-state index contributed by atoms with van der Waals surface area (Å²) in [6.07, 6.45) is 19.1. The molecule has 22 heavy (non-hydrogen) atoms. The maximum Gasteiger partial charge on any atom is 0.246 e. The van der Waals surface area contributed by atoms with Crippen LogP contribution in [0.15, 0.2) is 23.9 Å². The lowest BCUT2D eigenvalue weighted by atomic mass is 10.1. The van der Waals surface area contributed by atoms with E-state index >= 15 is 0 Å². The molecular formula is C18H30NO3. The number of rotatable bonds is 15. The fraction of sp³-hybridized carbons (Fsp3) is 0.722. The average molecular weight is 308 g/mol. The molecule has 4 nitrogen and oxygen atoms in total. The molecule has 0 unspecified atom stereocenters. The summed E-state index contributed by atoms with van der Waals surface area (Å²) in [7, 11) is 0. The van der Waals surface area contributed by atoms with Gasteiger partial charge in [-0.05, 0) is 38.2 Å². The molecule has 0 aromatic carbocycles. The van der Waals surface area contributed by atoms with Crippen LogP contribution in [0.1, 0.15) is 84.0 Å². The van der Waals surface area contributed by atoms with E-state index in [1.807, 2.05) is 18.4 Å². The van der Waals surface area contributed by atoms with Crippen LogP contribution in [0, 0.1) is 10.1 Å². The highest BCUT2D eigenvalue weighted by Crippen LogP contribution is 2.10. The van der Waals surface area contributed by atoms with Crippen LogP contribution in [0.3, 0.4) is 0 Å². The third-order valence-electron chi connectivity index (χ3n) is 3.57. The van der Waals surface area contributed by atoms with Crippen molar-refractivity contribution in [2.24, 2.45) is 0 Å². The summed E-state index contributed by atoms with van der Waals surface area (Å²) >= 11 is 0. The normalized spacial score (nSPS) is 12.0. The maximum atomic E-state index is 10.9. The Balaban J connectivity index is 3.73. The average Bonchev–Trinajstić information content (AvgIpc) is 2.50. The first-order valence-electron chi connectivity index (χ1n) is 8.55. The highest BCUT2D eigenvalue weighted by molar-refractivity contribution is 5.50. The lowest BCUT2D eigenvalue weighted by molar-refractivity contribution is -0.427. The molecule has 0 heterocycles. The van der Waals surface area contributed by atoms with Gasteiger partial charge in [-0.2, -0.15) is 0 Å². The quantitative estimate of drug-likeness (QED) is 0.173. The van der Waals surface area contributed by atoms with Gasteiger partial charge in [-0.15, -0.1) is 0 Å². The summed E-state index contributed by atoms with van der Waals surface area (Å²) < 4.78 is 0. The van der Waals surface area contributed by atoms with Crippen molar-refractivity contribution >= 4 is 6.29 Å². The van der Waals surface area contributed by atoms with Crippen molar-refractivity contribution in [3.05, 3.63) is 34.0 Å². The van der Waals surface area contributed by atoms with Crippen LogP contribution in [0.4, 0.5) is 0 Å². The molecule has 0 aliphatic rings. The first-order chi connectivity index (χ1) is 10.7. The van der Waals surface area contributed by atoms with Crippen LogP contribution in [0.25, 0.3) is 0 Å². The summed E-state index contributed by atoms with van der Waals surface area (Å²) in [6, 6.07) is 0. The molecule has 4 heteroatoms. The lowest BCUT2D eigenvalue weighted by Gasteiger charge is -1.98. The largest absolute Gasteiger partial charge is 0.291 e. The molecule has 0 fully saturated rings. The van der Waals surface area contributed by atoms with Crippen LogP contribution < -0.4 is 0 Å². The van der Waals surface area contributed by atoms with Crippen molar-refractivity contribution < 1.29 is 9.72 Å². The second-order valence-electron chi connectivity index (χ2n) is 5.57. The maximum absolute atomic E-state index is 10.9. The van der Waals surface area contributed by atoms with Crippen molar-refractivity contribution in [3.8, 4) is 0 Å². The Bertz CT molecular complexity index is 348. The van der Waals surface area contributed by atoms with Gasteiger partial charge < -0.3 is 0 Å². The second-order valence-corrected chi connectivity index (χ2v) is 5.57. The summed E-state index contributed by atoms with van der Waals surface area (Å²) in [5.41, 5.74) is 0.317. The SMILES string of the molecule is CCCCC/C=C(\C/C=C\CCCCCCC[C]=O)[N+](=O)[O-]. The molecule has 0 aromatic rings. The van der Waals surface area contributed by atoms with E-state index in [-0.39, 0.29) is 4.92 Å². The Morgan fingerprint density at radius 3 is 2.36 bits per heavy atom. The number of nitrogens with zero attached hydrogens (tertiary/aromatic N) is 1. The standard InChI is InChI=1S/C18H30NO3/c1-2-3-4-12-15-18(19(21)22)16-13-10-8-6-5-7-9-11-14-17-20/h10,13,15H,2-9,11-12,14,16H2,1H3/b13-10-,18-15+. The van der Waals surface area contributed by atoms with Gasteiger partial charge in [0, 0.05) is 6.42 Å². The monoisotopic (exact) mass is 308 g/mol. The minimum atomic E-state index is -0.264. The van der Waals surface area contributed by atoms with E-state index in [9.17, 15) is 14.9 Å². The van der Waals surface area contributed by atoms with Crippen LogP contribution >= 0.6 is 0 Å². The van der Waals surface area contributed by atoms with Gasteiger partial charge in [-0.1, -0.05) is 51.2 Å². The van der Waals surface area contributed by atoms with Crippen LogP contribution in [0.2, 0.25) is 0 Å². The van der Waals surface area contributed by atoms with E-state index in [1.165, 1.54) is 0 Å². The first kappa shape index (κ1) is 20.6. The molecule has 0 atom stereocenters. The van der Waals surface area contributed by atoms with Crippen LogP contribution in [0.5, 0.6) is 0 Å². The Kier molecular flexibility index (Phi) is 14.9. The highest BCUT2D eigenvalue weighted by Gasteiger charge is 2.06. The Morgan fingerprint density at radius 1 is 1.00 bits per heavy atom. The predicted molar refractivity (Wildman–Crippen MR) is 91.0 cm³/mol. The molecule has 0 saturated heterocycles. The fourth-order valence-corrected chi connectivity index (χ4v) is 2.21. The topological polar surface area (TPSA) is 60.2 Å². The molecule has 0 aromatic heterocycles. The van der Waals surface area contributed by atoms with Crippen molar-refractivity contribution in [1.82, 2.24) is 0 Å². The second kappa shape index (κ2) is 15.9. The van der Waals surface area contributed by atoms with Gasteiger partial charge in [-0.25, -0.2) is 0 Å². The Labute approximate surface area is 134 Å². The zero-order valence-electron chi connectivity index (χ0n) is 13.9. The molecule has 0 aliphatic heterocycles. The minimum Gasteiger partial charge on any atom is -0.291 e. The van der Waals surface area contributed by atoms with Crippen LogP contribution in [-0.2, 0) is 4.79 Å². The van der Waals surface area contributed by atoms with E-state index in [4.69, 9.17) is 0 Å². The summed E-state index contributed by atoms with van der Waals surface area (Å²) in [5, 5.41) is 10.9. The van der Waals surface area contributed by atoms with Crippen molar-refractivity contribution in [2.75, 3.05) is 0 Å². The van der Waals surface area contributed by atoms with Gasteiger partial charge in [0.15, 0.2) is 6.29 Å². The summed E-state index contributed by atoms with van der Waals surface area (Å²) in [6.45, 7) is 2.13. The van der Waals surface area contributed by atoms with Gasteiger partial charge >= 0.3 is 0 Å². The van der Waals surface area contributed by atoms with E-state index < -0.39 is 0 Å². The third kappa shape index (κ3) is 13.5. The van der Waals surface area contributed by atoms with Gasteiger partial charge in [0.2, 0.25) is 5.70 Å². The molecule has 0 spiro atoms. The van der Waals surface area contributed by atoms with E-state index in [0.29, 0.717) is 18.5 Å². The molecule has 1 radical (unpaired) electrons. The molecule has 0 aliphatic carbocycles. The molecule has 0 amide bonds. The van der Waals surface area contributed by atoms with Gasteiger partial charge in [-0.3, -0.25) is 14.9 Å². The number of hydrogen-bond acceptors (Lipinski definition) is 3. The Hall–Kier alpha value is -1.45. The molecule has 0 bridgehead atoms. The predicted octanol–water partition coefficient (Wildman–Crippen LogP) is 5.51. The highest BCUT2D eigenvalue weighted by atomic mass is 16.6. The zero-order valence-corrected chi connectivity index (χ0v) is 13.9. The smallest absolute Gasteiger partial charge is 0.246 e. The van der Waals surface area contributed by atoms with E-state index in [2.05, 4.69) is 6.92 Å². The van der Waals surface area contributed by atoms with E-state index in [0.717, 1.165) is 64.2 Å². The number of allylic oxidation sites excluding steroid dienone is 3. The Morgan fingerprint density at radius 2 is 1.68 bits per heavy atom.